The van der Waals surface area contributed by atoms with Crippen LogP contribution in [-0.4, -0.2) is 34.2 Å². The standard InChI is InChI=1S/C12H25NO/c1-11(2,3)10-7-9(14)8-13(10)12(4,5)6/h9-10,14H,7-8H2,1-6H3/t9-,10+/m1/s1. The molecule has 0 aliphatic carbocycles. The molecule has 0 unspecified atom stereocenters. The molecule has 1 N–H and O–H groups in total. The first-order valence-corrected chi connectivity index (χ1v) is 5.57. The lowest BCUT2D eigenvalue weighted by Crippen LogP contribution is -2.49. The fraction of sp³-hybridized carbons (Fsp3) is 1.00. The van der Waals surface area contributed by atoms with Gasteiger partial charge in [-0.3, -0.25) is 4.90 Å². The van der Waals surface area contributed by atoms with Gasteiger partial charge in [0.25, 0.3) is 0 Å². The number of aliphatic hydroxyl groups is 1. The average Bonchev–Trinajstić information content (AvgIpc) is 2.27. The molecule has 84 valence electrons. The van der Waals surface area contributed by atoms with E-state index >= 15 is 0 Å². The SMILES string of the molecule is CC(C)(C)[C@@H]1C[C@@H](O)CN1C(C)(C)C. The van der Waals surface area contributed by atoms with Gasteiger partial charge in [0.1, 0.15) is 0 Å². The van der Waals surface area contributed by atoms with Crippen molar-refractivity contribution in [2.45, 2.75) is 65.6 Å². The molecule has 0 aromatic heterocycles. The third kappa shape index (κ3) is 2.48. The van der Waals surface area contributed by atoms with Crippen LogP contribution in [0.25, 0.3) is 0 Å². The molecule has 1 aliphatic heterocycles. The second-order valence-corrected chi connectivity index (χ2v) is 6.59. The zero-order valence-corrected chi connectivity index (χ0v) is 10.5. The molecular weight excluding hydrogens is 174 g/mol. The maximum Gasteiger partial charge on any atom is 0.0682 e. The van der Waals surface area contributed by atoms with Crippen molar-refractivity contribution in [1.82, 2.24) is 4.90 Å². The molecule has 0 saturated carbocycles. The molecule has 0 radical (unpaired) electrons. The van der Waals surface area contributed by atoms with Crippen molar-refractivity contribution >= 4 is 0 Å². The van der Waals surface area contributed by atoms with Gasteiger partial charge >= 0.3 is 0 Å². The molecule has 2 heteroatoms. The molecular formula is C12H25NO. The van der Waals surface area contributed by atoms with Crippen LogP contribution in [0.15, 0.2) is 0 Å². The highest BCUT2D eigenvalue weighted by molar-refractivity contribution is 4.97. The van der Waals surface area contributed by atoms with Gasteiger partial charge < -0.3 is 5.11 Å². The highest BCUT2D eigenvalue weighted by atomic mass is 16.3. The van der Waals surface area contributed by atoms with Gasteiger partial charge in [0.05, 0.1) is 6.10 Å². The van der Waals surface area contributed by atoms with E-state index in [1.165, 1.54) is 0 Å². The number of nitrogens with zero attached hydrogens (tertiary/aromatic N) is 1. The normalized spacial score (nSPS) is 31.1. The molecule has 0 spiro atoms. The molecule has 1 aliphatic rings. The van der Waals surface area contributed by atoms with Crippen molar-refractivity contribution in [3.8, 4) is 0 Å². The molecule has 1 fully saturated rings. The van der Waals surface area contributed by atoms with E-state index in [1.807, 2.05) is 0 Å². The van der Waals surface area contributed by atoms with Crippen molar-refractivity contribution in [3.05, 3.63) is 0 Å². The third-order valence-corrected chi connectivity index (χ3v) is 3.14. The highest BCUT2D eigenvalue weighted by Crippen LogP contribution is 2.36. The zero-order valence-electron chi connectivity index (χ0n) is 10.5. The van der Waals surface area contributed by atoms with Crippen LogP contribution >= 0.6 is 0 Å². The molecule has 0 aromatic carbocycles. The number of hydrogen-bond acceptors (Lipinski definition) is 2. The van der Waals surface area contributed by atoms with E-state index in [4.69, 9.17) is 0 Å². The Balaban J connectivity index is 2.84. The van der Waals surface area contributed by atoms with Gasteiger partial charge in [-0.2, -0.15) is 0 Å². The first kappa shape index (κ1) is 12.0. The Labute approximate surface area is 88.3 Å². The number of hydrogen-bond donors (Lipinski definition) is 1. The minimum atomic E-state index is -0.140. The second-order valence-electron chi connectivity index (χ2n) is 6.59. The van der Waals surface area contributed by atoms with E-state index in [9.17, 15) is 5.11 Å². The summed E-state index contributed by atoms with van der Waals surface area (Å²) in [6.45, 7) is 14.3. The third-order valence-electron chi connectivity index (χ3n) is 3.14. The fourth-order valence-corrected chi connectivity index (χ4v) is 2.38. The van der Waals surface area contributed by atoms with Crippen LogP contribution in [0.1, 0.15) is 48.0 Å². The van der Waals surface area contributed by atoms with Gasteiger partial charge in [0.2, 0.25) is 0 Å². The predicted octanol–water partition coefficient (Wildman–Crippen LogP) is 2.27. The zero-order chi connectivity index (χ0) is 11.1. The molecule has 1 saturated heterocycles. The van der Waals surface area contributed by atoms with Crippen molar-refractivity contribution < 1.29 is 5.11 Å². The van der Waals surface area contributed by atoms with E-state index in [0.717, 1.165) is 13.0 Å². The quantitative estimate of drug-likeness (QED) is 0.647. The minimum absolute atomic E-state index is 0.140. The molecule has 0 amide bonds. The monoisotopic (exact) mass is 199 g/mol. The second kappa shape index (κ2) is 3.49. The van der Waals surface area contributed by atoms with Crippen LogP contribution in [-0.2, 0) is 0 Å². The lowest BCUT2D eigenvalue weighted by atomic mass is 9.83. The van der Waals surface area contributed by atoms with Crippen LogP contribution in [0.2, 0.25) is 0 Å². The number of β-amino-alcohol motifs (C(OH)–C–C–N with tert-alkyl or cyclic N) is 1. The van der Waals surface area contributed by atoms with Crippen molar-refractivity contribution in [2.75, 3.05) is 6.54 Å². The van der Waals surface area contributed by atoms with Gasteiger partial charge in [-0.05, 0) is 32.6 Å². The summed E-state index contributed by atoms with van der Waals surface area (Å²) in [5, 5.41) is 9.75. The van der Waals surface area contributed by atoms with E-state index in [-0.39, 0.29) is 17.1 Å². The van der Waals surface area contributed by atoms with Crippen LogP contribution in [0.5, 0.6) is 0 Å². The van der Waals surface area contributed by atoms with Gasteiger partial charge in [0.15, 0.2) is 0 Å². The van der Waals surface area contributed by atoms with E-state index < -0.39 is 0 Å². The largest absolute Gasteiger partial charge is 0.392 e. The Hall–Kier alpha value is -0.0800. The van der Waals surface area contributed by atoms with E-state index in [1.54, 1.807) is 0 Å². The Kier molecular flexibility index (Phi) is 2.99. The fourth-order valence-electron chi connectivity index (χ4n) is 2.38. The molecule has 0 bridgehead atoms. The summed E-state index contributed by atoms with van der Waals surface area (Å²) in [4.78, 5) is 2.44. The van der Waals surface area contributed by atoms with Crippen molar-refractivity contribution in [1.29, 1.82) is 0 Å². The summed E-state index contributed by atoms with van der Waals surface area (Å²) in [7, 11) is 0. The number of aliphatic hydroxyl groups excluding tert-OH is 1. The number of likely N-dealkylation sites (tertiary alicyclic amines) is 1. The van der Waals surface area contributed by atoms with Gasteiger partial charge in [-0.1, -0.05) is 20.8 Å². The van der Waals surface area contributed by atoms with E-state index in [2.05, 4.69) is 46.4 Å². The van der Waals surface area contributed by atoms with Crippen LogP contribution in [0, 0.1) is 5.41 Å². The first-order valence-electron chi connectivity index (χ1n) is 5.57. The van der Waals surface area contributed by atoms with Gasteiger partial charge in [-0.15, -0.1) is 0 Å². The molecule has 14 heavy (non-hydrogen) atoms. The maximum absolute atomic E-state index is 9.75. The summed E-state index contributed by atoms with van der Waals surface area (Å²) < 4.78 is 0. The van der Waals surface area contributed by atoms with Gasteiger partial charge in [0, 0.05) is 18.1 Å². The molecule has 1 heterocycles. The summed E-state index contributed by atoms with van der Waals surface area (Å²) in [5.74, 6) is 0. The molecule has 0 aromatic rings. The van der Waals surface area contributed by atoms with Crippen LogP contribution < -0.4 is 0 Å². The van der Waals surface area contributed by atoms with E-state index in [0.29, 0.717) is 6.04 Å². The summed E-state index contributed by atoms with van der Waals surface area (Å²) in [6, 6.07) is 0.498. The lowest BCUT2D eigenvalue weighted by Gasteiger charge is -2.42. The Morgan fingerprint density at radius 2 is 1.57 bits per heavy atom. The summed E-state index contributed by atoms with van der Waals surface area (Å²) in [5.41, 5.74) is 0.417. The van der Waals surface area contributed by atoms with Crippen LogP contribution in [0.4, 0.5) is 0 Å². The van der Waals surface area contributed by atoms with Gasteiger partial charge in [-0.25, -0.2) is 0 Å². The Morgan fingerprint density at radius 3 is 1.86 bits per heavy atom. The Bertz CT molecular complexity index is 177. The average molecular weight is 199 g/mol. The van der Waals surface area contributed by atoms with Crippen molar-refractivity contribution in [3.63, 3.8) is 0 Å². The first-order chi connectivity index (χ1) is 6.12. The maximum atomic E-state index is 9.75. The highest BCUT2D eigenvalue weighted by Gasteiger charge is 2.42. The molecule has 2 atom stereocenters. The Morgan fingerprint density at radius 1 is 1.07 bits per heavy atom. The minimum Gasteiger partial charge on any atom is -0.392 e. The molecule has 1 rings (SSSR count). The smallest absolute Gasteiger partial charge is 0.0682 e. The number of rotatable bonds is 0. The lowest BCUT2D eigenvalue weighted by molar-refractivity contribution is 0.0551. The molecule has 2 nitrogen and oxygen atoms in total. The van der Waals surface area contributed by atoms with Crippen LogP contribution in [0.3, 0.4) is 0 Å². The van der Waals surface area contributed by atoms with Crippen molar-refractivity contribution in [2.24, 2.45) is 5.41 Å². The summed E-state index contributed by atoms with van der Waals surface area (Å²) >= 11 is 0. The summed E-state index contributed by atoms with van der Waals surface area (Å²) in [6.07, 6.45) is 0.777. The topological polar surface area (TPSA) is 23.5 Å². The predicted molar refractivity (Wildman–Crippen MR) is 60.3 cm³/mol.